The van der Waals surface area contributed by atoms with Crippen molar-refractivity contribution < 1.29 is 17.9 Å². The Kier molecular flexibility index (Phi) is 4.40. The Morgan fingerprint density at radius 1 is 1.00 bits per heavy atom. The highest BCUT2D eigenvalue weighted by Gasteiger charge is 2.34. The first-order chi connectivity index (χ1) is 9.90. The maximum absolute atomic E-state index is 12.9. The van der Waals surface area contributed by atoms with E-state index in [1.807, 2.05) is 31.2 Å². The van der Waals surface area contributed by atoms with Crippen LogP contribution in [0.2, 0.25) is 0 Å². The zero-order chi connectivity index (χ0) is 15.5. The first-order valence-electron chi connectivity index (χ1n) is 6.57. The molecule has 112 valence electrons. The number of nitrogens with two attached hydrogens (primary N) is 1. The molecular weight excluding hydrogens is 279 g/mol. The van der Waals surface area contributed by atoms with Gasteiger partial charge in [0.15, 0.2) is 0 Å². The van der Waals surface area contributed by atoms with Gasteiger partial charge < -0.3 is 10.5 Å². The maximum Gasteiger partial charge on any atom is 0.420 e. The van der Waals surface area contributed by atoms with Gasteiger partial charge >= 0.3 is 6.18 Å². The van der Waals surface area contributed by atoms with Gasteiger partial charge in [-0.15, -0.1) is 0 Å². The quantitative estimate of drug-likeness (QED) is 0.847. The Balaban J connectivity index is 2.15. The summed E-state index contributed by atoms with van der Waals surface area (Å²) in [5.74, 6) is -0.212. The molecule has 2 aromatic rings. The number of hydrogen-bond acceptors (Lipinski definition) is 2. The zero-order valence-electron chi connectivity index (χ0n) is 11.6. The van der Waals surface area contributed by atoms with Crippen LogP contribution in [0, 0.1) is 0 Å². The Labute approximate surface area is 121 Å². The monoisotopic (exact) mass is 295 g/mol. The number of alkyl halides is 3. The average molecular weight is 295 g/mol. The van der Waals surface area contributed by atoms with Crippen molar-refractivity contribution in [1.82, 2.24) is 0 Å². The molecule has 21 heavy (non-hydrogen) atoms. The lowest BCUT2D eigenvalue weighted by molar-refractivity contribution is -0.139. The van der Waals surface area contributed by atoms with Crippen LogP contribution in [-0.2, 0) is 19.2 Å². The molecule has 2 aromatic carbocycles. The Morgan fingerprint density at radius 3 is 2.19 bits per heavy atom. The van der Waals surface area contributed by atoms with Crippen molar-refractivity contribution in [3.8, 4) is 5.75 Å². The van der Waals surface area contributed by atoms with Crippen molar-refractivity contribution in [2.75, 3.05) is 5.73 Å². The Hall–Kier alpha value is -2.17. The lowest BCUT2D eigenvalue weighted by atomic mass is 10.1. The third-order valence-corrected chi connectivity index (χ3v) is 3.13. The van der Waals surface area contributed by atoms with Crippen LogP contribution in [0.4, 0.5) is 18.9 Å². The number of hydrogen-bond donors (Lipinski definition) is 1. The summed E-state index contributed by atoms with van der Waals surface area (Å²) in [6.45, 7) is 2.12. The summed E-state index contributed by atoms with van der Waals surface area (Å²) in [5, 5.41) is 0. The molecule has 0 bridgehead atoms. The van der Waals surface area contributed by atoms with Gasteiger partial charge in [0, 0.05) is 5.69 Å². The van der Waals surface area contributed by atoms with E-state index >= 15 is 0 Å². The second-order valence-electron chi connectivity index (χ2n) is 4.71. The number of aryl methyl sites for hydroxylation is 1. The van der Waals surface area contributed by atoms with Crippen molar-refractivity contribution >= 4 is 5.69 Å². The largest absolute Gasteiger partial charge is 0.488 e. The van der Waals surface area contributed by atoms with E-state index in [0.717, 1.165) is 18.1 Å². The van der Waals surface area contributed by atoms with Crippen LogP contribution in [0.5, 0.6) is 5.75 Å². The molecule has 0 amide bonds. The van der Waals surface area contributed by atoms with Gasteiger partial charge in [-0.1, -0.05) is 31.2 Å². The van der Waals surface area contributed by atoms with E-state index in [0.29, 0.717) is 0 Å². The second-order valence-corrected chi connectivity index (χ2v) is 4.71. The standard InChI is InChI=1S/C16H16F3NO/c1-2-11-3-5-12(6-4-11)10-21-15-8-7-13(20)9-14(15)16(17,18)19/h3-9H,2,10,20H2,1H3. The molecule has 0 heterocycles. The normalized spacial score (nSPS) is 11.4. The first-order valence-corrected chi connectivity index (χ1v) is 6.57. The number of anilines is 1. The number of halogens is 3. The smallest absolute Gasteiger partial charge is 0.420 e. The maximum atomic E-state index is 12.9. The van der Waals surface area contributed by atoms with E-state index in [4.69, 9.17) is 10.5 Å². The molecule has 0 fully saturated rings. The number of nitrogen functional groups attached to an aromatic ring is 1. The summed E-state index contributed by atoms with van der Waals surface area (Å²) in [6, 6.07) is 11.1. The summed E-state index contributed by atoms with van der Waals surface area (Å²) in [6.07, 6.45) is -3.58. The van der Waals surface area contributed by atoms with Gasteiger partial charge in [0.25, 0.3) is 0 Å². The van der Waals surface area contributed by atoms with Crippen LogP contribution >= 0.6 is 0 Å². The third-order valence-electron chi connectivity index (χ3n) is 3.13. The minimum absolute atomic E-state index is 0.0574. The van der Waals surface area contributed by atoms with Gasteiger partial charge in [0.1, 0.15) is 12.4 Å². The van der Waals surface area contributed by atoms with Gasteiger partial charge in [-0.25, -0.2) is 0 Å². The lowest BCUT2D eigenvalue weighted by Crippen LogP contribution is -2.09. The Bertz CT molecular complexity index is 606. The molecule has 0 radical (unpaired) electrons. The van der Waals surface area contributed by atoms with E-state index in [1.54, 1.807) is 0 Å². The predicted octanol–water partition coefficient (Wildman–Crippen LogP) is 4.43. The van der Waals surface area contributed by atoms with Gasteiger partial charge in [-0.05, 0) is 35.7 Å². The summed E-state index contributed by atoms with van der Waals surface area (Å²) in [7, 11) is 0. The molecule has 0 saturated carbocycles. The SMILES string of the molecule is CCc1ccc(COc2ccc(N)cc2C(F)(F)F)cc1. The van der Waals surface area contributed by atoms with E-state index in [-0.39, 0.29) is 18.0 Å². The zero-order valence-corrected chi connectivity index (χ0v) is 11.6. The van der Waals surface area contributed by atoms with Crippen LogP contribution in [0.3, 0.4) is 0 Å². The number of benzene rings is 2. The first kappa shape index (κ1) is 15.2. The van der Waals surface area contributed by atoms with Crippen LogP contribution < -0.4 is 10.5 Å². The summed E-state index contributed by atoms with van der Waals surface area (Å²) in [5.41, 5.74) is 6.60. The van der Waals surface area contributed by atoms with Gasteiger partial charge in [0.2, 0.25) is 0 Å². The highest BCUT2D eigenvalue weighted by Crippen LogP contribution is 2.37. The molecule has 0 aliphatic carbocycles. The molecule has 2 rings (SSSR count). The molecule has 0 atom stereocenters. The van der Waals surface area contributed by atoms with Crippen molar-refractivity contribution in [2.24, 2.45) is 0 Å². The van der Waals surface area contributed by atoms with Crippen molar-refractivity contribution in [1.29, 1.82) is 0 Å². The van der Waals surface area contributed by atoms with E-state index in [2.05, 4.69) is 0 Å². The fraction of sp³-hybridized carbons (Fsp3) is 0.250. The van der Waals surface area contributed by atoms with Crippen LogP contribution in [0.15, 0.2) is 42.5 Å². The summed E-state index contributed by atoms with van der Waals surface area (Å²) < 4.78 is 44.1. The van der Waals surface area contributed by atoms with Gasteiger partial charge in [0.05, 0.1) is 5.56 Å². The molecule has 0 unspecified atom stereocenters. The van der Waals surface area contributed by atoms with E-state index in [9.17, 15) is 13.2 Å². The minimum atomic E-state index is -4.49. The second kappa shape index (κ2) is 6.08. The van der Waals surface area contributed by atoms with Crippen molar-refractivity contribution in [2.45, 2.75) is 26.1 Å². The fourth-order valence-electron chi connectivity index (χ4n) is 1.93. The molecular formula is C16H16F3NO. The van der Waals surface area contributed by atoms with Crippen molar-refractivity contribution in [3.05, 3.63) is 59.2 Å². The number of rotatable bonds is 4. The van der Waals surface area contributed by atoms with E-state index in [1.165, 1.54) is 17.7 Å². The Morgan fingerprint density at radius 2 is 1.62 bits per heavy atom. The highest BCUT2D eigenvalue weighted by atomic mass is 19.4. The van der Waals surface area contributed by atoms with Crippen molar-refractivity contribution in [3.63, 3.8) is 0 Å². The molecule has 0 aromatic heterocycles. The molecule has 0 aliphatic heterocycles. The third kappa shape index (κ3) is 3.90. The van der Waals surface area contributed by atoms with Crippen LogP contribution in [-0.4, -0.2) is 0 Å². The van der Waals surface area contributed by atoms with Gasteiger partial charge in [-0.3, -0.25) is 0 Å². The molecule has 2 nitrogen and oxygen atoms in total. The van der Waals surface area contributed by atoms with Gasteiger partial charge in [-0.2, -0.15) is 13.2 Å². The molecule has 0 saturated heterocycles. The fourth-order valence-corrected chi connectivity index (χ4v) is 1.93. The molecule has 5 heteroatoms. The number of ether oxygens (including phenoxy) is 1. The highest BCUT2D eigenvalue weighted by molar-refractivity contribution is 5.49. The molecule has 2 N–H and O–H groups in total. The topological polar surface area (TPSA) is 35.2 Å². The van der Waals surface area contributed by atoms with Crippen LogP contribution in [0.25, 0.3) is 0 Å². The average Bonchev–Trinajstić information content (AvgIpc) is 2.45. The summed E-state index contributed by atoms with van der Waals surface area (Å²) >= 11 is 0. The minimum Gasteiger partial charge on any atom is -0.488 e. The molecule has 0 spiro atoms. The lowest BCUT2D eigenvalue weighted by Gasteiger charge is -2.14. The summed E-state index contributed by atoms with van der Waals surface area (Å²) in [4.78, 5) is 0. The van der Waals surface area contributed by atoms with Crippen LogP contribution in [0.1, 0.15) is 23.6 Å². The predicted molar refractivity (Wildman–Crippen MR) is 76.0 cm³/mol. The molecule has 0 aliphatic rings. The van der Waals surface area contributed by atoms with E-state index < -0.39 is 11.7 Å².